The third-order valence-corrected chi connectivity index (χ3v) is 4.73. The lowest BCUT2D eigenvalue weighted by molar-refractivity contribution is 1.11. The SMILES string of the molecule is Nc1n[nH]c2ccc(-c3ccnc4[nH]c(Cc5ccccc5)cc34)cc12. The molecule has 0 spiro atoms. The molecule has 0 unspecified atom stereocenters. The van der Waals surface area contributed by atoms with Gasteiger partial charge in [-0.1, -0.05) is 36.4 Å². The summed E-state index contributed by atoms with van der Waals surface area (Å²) in [6.07, 6.45) is 2.69. The lowest BCUT2D eigenvalue weighted by Gasteiger charge is -2.03. The first-order valence-corrected chi connectivity index (χ1v) is 8.52. The normalized spacial score (nSPS) is 11.4. The van der Waals surface area contributed by atoms with E-state index in [-0.39, 0.29) is 0 Å². The summed E-state index contributed by atoms with van der Waals surface area (Å²) in [5.74, 6) is 0.519. The first kappa shape index (κ1) is 14.7. The van der Waals surface area contributed by atoms with Crippen LogP contribution in [0.25, 0.3) is 33.1 Å². The topological polar surface area (TPSA) is 83.4 Å². The van der Waals surface area contributed by atoms with Crippen molar-refractivity contribution in [1.82, 2.24) is 20.2 Å². The Bertz CT molecular complexity index is 1220. The highest BCUT2D eigenvalue weighted by Gasteiger charge is 2.11. The highest BCUT2D eigenvalue weighted by atomic mass is 15.1. The Morgan fingerprint density at radius 2 is 1.81 bits per heavy atom. The van der Waals surface area contributed by atoms with Crippen LogP contribution in [-0.2, 0) is 6.42 Å². The number of aromatic amines is 2. The molecule has 0 fully saturated rings. The van der Waals surface area contributed by atoms with Crippen LogP contribution in [0.15, 0.2) is 66.9 Å². The molecule has 26 heavy (non-hydrogen) atoms. The number of pyridine rings is 1. The van der Waals surface area contributed by atoms with E-state index in [0.717, 1.165) is 45.2 Å². The van der Waals surface area contributed by atoms with Crippen LogP contribution in [0.2, 0.25) is 0 Å². The molecule has 0 saturated heterocycles. The molecule has 5 rings (SSSR count). The van der Waals surface area contributed by atoms with E-state index in [4.69, 9.17) is 5.73 Å². The maximum atomic E-state index is 5.96. The quantitative estimate of drug-likeness (QED) is 0.459. The fourth-order valence-corrected chi connectivity index (χ4v) is 3.45. The zero-order chi connectivity index (χ0) is 17.5. The number of hydrogen-bond acceptors (Lipinski definition) is 3. The molecule has 3 aromatic heterocycles. The number of aromatic nitrogens is 4. The van der Waals surface area contributed by atoms with Crippen molar-refractivity contribution in [3.05, 3.63) is 78.1 Å². The maximum Gasteiger partial charge on any atom is 0.153 e. The van der Waals surface area contributed by atoms with Gasteiger partial charge in [-0.05, 0) is 41.0 Å². The Kier molecular flexibility index (Phi) is 3.25. The molecule has 0 bridgehead atoms. The lowest BCUT2D eigenvalue weighted by atomic mass is 10.0. The van der Waals surface area contributed by atoms with Crippen LogP contribution in [0.4, 0.5) is 5.82 Å². The van der Waals surface area contributed by atoms with E-state index >= 15 is 0 Å². The monoisotopic (exact) mass is 339 g/mol. The van der Waals surface area contributed by atoms with Crippen molar-refractivity contribution in [2.24, 2.45) is 0 Å². The van der Waals surface area contributed by atoms with E-state index in [2.05, 4.69) is 62.6 Å². The second-order valence-corrected chi connectivity index (χ2v) is 6.45. The standard InChI is InChI=1S/C21H17N5/c22-20-18-11-14(6-7-19(18)25-26-20)16-8-9-23-21-17(16)12-15(24-21)10-13-4-2-1-3-5-13/h1-9,11-12H,10H2,(H,23,24)(H3,22,25,26). The van der Waals surface area contributed by atoms with Crippen LogP contribution in [0, 0.1) is 0 Å². The van der Waals surface area contributed by atoms with Crippen molar-refractivity contribution in [2.45, 2.75) is 6.42 Å². The molecule has 0 amide bonds. The Labute approximate surface area is 149 Å². The Morgan fingerprint density at radius 1 is 0.923 bits per heavy atom. The molecule has 0 saturated carbocycles. The molecular formula is C21H17N5. The molecule has 4 N–H and O–H groups in total. The molecule has 0 atom stereocenters. The van der Waals surface area contributed by atoms with Gasteiger partial charge in [-0.25, -0.2) is 4.98 Å². The van der Waals surface area contributed by atoms with E-state index in [1.54, 1.807) is 0 Å². The van der Waals surface area contributed by atoms with Gasteiger partial charge < -0.3 is 10.7 Å². The first-order valence-electron chi connectivity index (χ1n) is 8.52. The number of anilines is 1. The smallest absolute Gasteiger partial charge is 0.153 e. The zero-order valence-electron chi connectivity index (χ0n) is 14.0. The molecule has 126 valence electrons. The predicted molar refractivity (Wildman–Crippen MR) is 105 cm³/mol. The lowest BCUT2D eigenvalue weighted by Crippen LogP contribution is -1.86. The fourth-order valence-electron chi connectivity index (χ4n) is 3.45. The van der Waals surface area contributed by atoms with Gasteiger partial charge in [0.05, 0.1) is 5.52 Å². The average molecular weight is 339 g/mol. The van der Waals surface area contributed by atoms with Crippen LogP contribution in [-0.4, -0.2) is 20.2 Å². The fraction of sp³-hybridized carbons (Fsp3) is 0.0476. The van der Waals surface area contributed by atoms with Crippen LogP contribution in [0.1, 0.15) is 11.3 Å². The zero-order valence-corrected chi connectivity index (χ0v) is 14.0. The Hall–Kier alpha value is -3.60. The third kappa shape index (κ3) is 2.41. The van der Waals surface area contributed by atoms with Crippen LogP contribution in [0.5, 0.6) is 0 Å². The van der Waals surface area contributed by atoms with Crippen molar-refractivity contribution in [3.8, 4) is 11.1 Å². The highest BCUT2D eigenvalue weighted by molar-refractivity contribution is 5.98. The summed E-state index contributed by atoms with van der Waals surface area (Å²) in [7, 11) is 0. The second kappa shape index (κ2) is 5.74. The minimum atomic E-state index is 0.519. The van der Waals surface area contributed by atoms with Crippen molar-refractivity contribution in [2.75, 3.05) is 5.73 Å². The minimum absolute atomic E-state index is 0.519. The van der Waals surface area contributed by atoms with Gasteiger partial charge in [0.2, 0.25) is 0 Å². The summed E-state index contributed by atoms with van der Waals surface area (Å²) < 4.78 is 0. The molecule has 2 aromatic carbocycles. The van der Waals surface area contributed by atoms with E-state index in [9.17, 15) is 0 Å². The van der Waals surface area contributed by atoms with Crippen molar-refractivity contribution >= 4 is 27.8 Å². The van der Waals surface area contributed by atoms with E-state index < -0.39 is 0 Å². The van der Waals surface area contributed by atoms with E-state index in [0.29, 0.717) is 5.82 Å². The number of rotatable bonds is 3. The Balaban J connectivity index is 1.62. The Morgan fingerprint density at radius 3 is 2.69 bits per heavy atom. The van der Waals surface area contributed by atoms with Crippen molar-refractivity contribution < 1.29 is 0 Å². The average Bonchev–Trinajstić information content (AvgIpc) is 3.25. The number of nitrogens with zero attached hydrogens (tertiary/aromatic N) is 2. The van der Waals surface area contributed by atoms with Crippen LogP contribution < -0.4 is 5.73 Å². The third-order valence-electron chi connectivity index (χ3n) is 4.73. The summed E-state index contributed by atoms with van der Waals surface area (Å²) in [5.41, 5.74) is 12.5. The van der Waals surface area contributed by atoms with Gasteiger partial charge in [-0.2, -0.15) is 5.10 Å². The number of fused-ring (bicyclic) bond motifs is 2. The van der Waals surface area contributed by atoms with Gasteiger partial charge in [-0.15, -0.1) is 0 Å². The molecule has 0 radical (unpaired) electrons. The molecule has 5 nitrogen and oxygen atoms in total. The van der Waals surface area contributed by atoms with Crippen LogP contribution in [0.3, 0.4) is 0 Å². The number of H-pyrrole nitrogens is 2. The van der Waals surface area contributed by atoms with Crippen molar-refractivity contribution in [1.29, 1.82) is 0 Å². The number of benzene rings is 2. The summed E-state index contributed by atoms with van der Waals surface area (Å²) in [4.78, 5) is 7.94. The highest BCUT2D eigenvalue weighted by Crippen LogP contribution is 2.31. The summed E-state index contributed by atoms with van der Waals surface area (Å²) in [6, 6.07) is 20.8. The van der Waals surface area contributed by atoms with Crippen molar-refractivity contribution in [3.63, 3.8) is 0 Å². The predicted octanol–water partition coefficient (Wildman–Crippen LogP) is 4.28. The van der Waals surface area contributed by atoms with Gasteiger partial charge in [0.15, 0.2) is 5.82 Å². The van der Waals surface area contributed by atoms with Gasteiger partial charge in [0.1, 0.15) is 5.65 Å². The number of nitrogens with two attached hydrogens (primary N) is 1. The van der Waals surface area contributed by atoms with Gasteiger partial charge in [0.25, 0.3) is 0 Å². The molecule has 0 aliphatic rings. The molecule has 3 heterocycles. The molecule has 0 aliphatic carbocycles. The number of nitrogens with one attached hydrogen (secondary N) is 2. The number of nitrogen functional groups attached to an aromatic ring is 1. The molecule has 5 heteroatoms. The first-order chi connectivity index (χ1) is 12.8. The van der Waals surface area contributed by atoms with E-state index in [1.807, 2.05) is 24.4 Å². The molecular weight excluding hydrogens is 322 g/mol. The molecule has 0 aliphatic heterocycles. The summed E-state index contributed by atoms with van der Waals surface area (Å²) in [5, 5.41) is 9.07. The molecule has 5 aromatic rings. The second-order valence-electron chi connectivity index (χ2n) is 6.45. The largest absolute Gasteiger partial charge is 0.382 e. The minimum Gasteiger partial charge on any atom is -0.382 e. The van der Waals surface area contributed by atoms with Crippen LogP contribution >= 0.6 is 0 Å². The van der Waals surface area contributed by atoms with E-state index in [1.165, 1.54) is 5.56 Å². The van der Waals surface area contributed by atoms with Gasteiger partial charge in [0, 0.05) is 29.1 Å². The number of hydrogen-bond donors (Lipinski definition) is 3. The van der Waals surface area contributed by atoms with Gasteiger partial charge in [-0.3, -0.25) is 5.10 Å². The van der Waals surface area contributed by atoms with Gasteiger partial charge >= 0.3 is 0 Å². The summed E-state index contributed by atoms with van der Waals surface area (Å²) in [6.45, 7) is 0. The summed E-state index contributed by atoms with van der Waals surface area (Å²) >= 11 is 0. The maximum absolute atomic E-state index is 5.96.